The van der Waals surface area contributed by atoms with Crippen LogP contribution < -0.4 is 15.0 Å². The molecule has 2 aliphatic rings. The highest BCUT2D eigenvalue weighted by atomic mass is 32.1. The fourth-order valence-electron chi connectivity index (χ4n) is 6.16. The normalized spacial score (nSPS) is 20.0. The van der Waals surface area contributed by atoms with Crippen molar-refractivity contribution < 1.29 is 42.5 Å². The number of hydrogen-bond donors (Lipinski definition) is 3. The molecular weight excluding hydrogens is 679 g/mol. The molecule has 3 atom stereocenters. The van der Waals surface area contributed by atoms with E-state index >= 15 is 0 Å². The molecule has 3 heterocycles. The number of carbonyl (C=O) groups excluding carboxylic acids is 4. The van der Waals surface area contributed by atoms with Gasteiger partial charge in [0.2, 0.25) is 26.1 Å². The van der Waals surface area contributed by atoms with Crippen LogP contribution in [-0.2, 0) is 20.0 Å². The molecule has 3 N–H and O–H groups in total. The molecule has 16 heteroatoms. The van der Waals surface area contributed by atoms with Crippen LogP contribution in [0.1, 0.15) is 41.4 Å². The van der Waals surface area contributed by atoms with Gasteiger partial charge in [-0.25, -0.2) is 0 Å². The van der Waals surface area contributed by atoms with Gasteiger partial charge in [0.05, 0.1) is 4.88 Å². The third-order valence-corrected chi connectivity index (χ3v) is 10.8. The molecule has 0 bridgehead atoms. The van der Waals surface area contributed by atoms with Crippen LogP contribution in [0.25, 0.3) is 10.1 Å². The van der Waals surface area contributed by atoms with Crippen molar-refractivity contribution in [3.05, 3.63) is 59.0 Å². The van der Waals surface area contributed by atoms with Crippen LogP contribution in [0.5, 0.6) is 5.75 Å². The summed E-state index contributed by atoms with van der Waals surface area (Å²) in [5, 5.41) is 3.04. The molecule has 2 fully saturated rings. The number of amides is 4. The van der Waals surface area contributed by atoms with E-state index in [-0.39, 0.29) is 29.3 Å². The van der Waals surface area contributed by atoms with Gasteiger partial charge in [0, 0.05) is 55.6 Å². The highest BCUT2D eigenvalue weighted by molar-refractivity contribution is 7.46. The topological polar surface area (TPSA) is 143 Å². The van der Waals surface area contributed by atoms with E-state index in [0.29, 0.717) is 53.9 Å². The molecule has 1 aromatic heterocycles. The lowest BCUT2D eigenvalue weighted by Gasteiger charge is -2.39. The minimum Gasteiger partial charge on any atom is -0.492 e. The predicted octanol–water partition coefficient (Wildman–Crippen LogP) is 3.56. The molecule has 0 unspecified atom stereocenters. The molecule has 5 rings (SSSR count). The molecule has 264 valence electrons. The Hall–Kier alpha value is -3.75. The zero-order valence-electron chi connectivity index (χ0n) is 27.6. The second-order valence-corrected chi connectivity index (χ2v) is 14.7. The Labute approximate surface area is 288 Å². The highest BCUT2D eigenvalue weighted by Crippen LogP contribution is 2.53. The summed E-state index contributed by atoms with van der Waals surface area (Å²) < 4.78 is 34.8. The quantitative estimate of drug-likeness (QED) is 0.270. The number of ether oxygens (including phenoxy) is 1. The molecule has 0 radical (unpaired) electrons. The lowest BCUT2D eigenvalue weighted by Crippen LogP contribution is -2.61. The van der Waals surface area contributed by atoms with E-state index in [9.17, 15) is 37.7 Å². The van der Waals surface area contributed by atoms with Crippen molar-refractivity contribution in [1.82, 2.24) is 20.0 Å². The van der Waals surface area contributed by atoms with Crippen molar-refractivity contribution in [2.24, 2.45) is 0 Å². The molecule has 0 aliphatic carbocycles. The number of hydrogen-bond acceptors (Lipinski definition) is 9. The van der Waals surface area contributed by atoms with Crippen LogP contribution >= 0.6 is 19.7 Å². The SMILES string of the molecule is CC(=O)N1CC[C@H]2CC[C@@H](C(=O)N(C)c3ccc(OCCN(C)C)cc3)N2C(=O)[C@@H](NC(=O)c2cc3cc(C(F)(F)P(O)O)ccc3s2)C1. The summed E-state index contributed by atoms with van der Waals surface area (Å²) in [7, 11) is 1.99. The lowest BCUT2D eigenvalue weighted by molar-refractivity contribution is -0.144. The van der Waals surface area contributed by atoms with Gasteiger partial charge in [-0.2, -0.15) is 8.78 Å². The zero-order valence-corrected chi connectivity index (χ0v) is 29.3. The van der Waals surface area contributed by atoms with Gasteiger partial charge < -0.3 is 39.4 Å². The second kappa shape index (κ2) is 15.0. The van der Waals surface area contributed by atoms with E-state index in [1.165, 1.54) is 28.9 Å². The second-order valence-electron chi connectivity index (χ2n) is 12.5. The third-order valence-electron chi connectivity index (χ3n) is 8.93. The molecular formula is C33H40F2N5O7PS. The number of thiophene rings is 1. The van der Waals surface area contributed by atoms with E-state index in [1.54, 1.807) is 36.2 Å². The number of carbonyl (C=O) groups is 4. The standard InChI is InChI=1S/C33H40F2N5O7PS/c1-20(41)39-14-13-24-8-11-27(32(44)38(4)23-6-9-25(10-7-23)47-16-15-37(2)3)40(24)31(43)26(19-39)36-30(42)29-18-21-17-22(5-12-28(21)49-29)33(34,35)48(45)46/h5-7,9-10,12,17-18,24,26-27,45-46H,8,11,13-16,19H2,1-4H3,(H,36,42)/t24-,26+,27+/m1/s1. The number of likely N-dealkylation sites (N-methyl/N-ethyl adjacent to an activating group) is 2. The van der Waals surface area contributed by atoms with Gasteiger partial charge >= 0.3 is 5.66 Å². The van der Waals surface area contributed by atoms with Crippen molar-refractivity contribution in [3.8, 4) is 5.75 Å². The van der Waals surface area contributed by atoms with Gasteiger partial charge in [-0.05, 0) is 81.2 Å². The summed E-state index contributed by atoms with van der Waals surface area (Å²) in [5.74, 6) is -1.00. The first-order valence-electron chi connectivity index (χ1n) is 15.8. The summed E-state index contributed by atoms with van der Waals surface area (Å²) in [6, 6.07) is 9.77. The molecule has 4 amide bonds. The first kappa shape index (κ1) is 36.5. The van der Waals surface area contributed by atoms with Crippen molar-refractivity contribution in [2.75, 3.05) is 52.3 Å². The van der Waals surface area contributed by atoms with Crippen LogP contribution in [0, 0.1) is 0 Å². The van der Waals surface area contributed by atoms with Crippen LogP contribution in [0.15, 0.2) is 48.5 Å². The Balaban J connectivity index is 1.35. The van der Waals surface area contributed by atoms with Gasteiger partial charge in [0.15, 0.2) is 0 Å². The number of anilines is 1. The molecule has 0 saturated carbocycles. The average molecular weight is 720 g/mol. The van der Waals surface area contributed by atoms with E-state index in [4.69, 9.17) is 4.74 Å². The number of alkyl halides is 2. The third kappa shape index (κ3) is 8.02. The van der Waals surface area contributed by atoms with E-state index < -0.39 is 43.5 Å². The largest absolute Gasteiger partial charge is 0.492 e. The smallest absolute Gasteiger partial charge is 0.339 e. The highest BCUT2D eigenvalue weighted by Gasteiger charge is 2.46. The first-order valence-corrected chi connectivity index (χ1v) is 17.9. The lowest BCUT2D eigenvalue weighted by atomic mass is 10.1. The summed E-state index contributed by atoms with van der Waals surface area (Å²) in [6.07, 6.45) is 1.44. The Morgan fingerprint density at radius 1 is 1.06 bits per heavy atom. The predicted molar refractivity (Wildman–Crippen MR) is 183 cm³/mol. The van der Waals surface area contributed by atoms with Gasteiger partial charge in [-0.3, -0.25) is 19.2 Å². The van der Waals surface area contributed by atoms with E-state index in [2.05, 4.69) is 5.32 Å². The van der Waals surface area contributed by atoms with Crippen LogP contribution in [0.3, 0.4) is 0 Å². The number of rotatable bonds is 10. The number of nitrogens with zero attached hydrogens (tertiary/aromatic N) is 4. The Morgan fingerprint density at radius 3 is 2.43 bits per heavy atom. The maximum atomic E-state index is 14.3. The number of fused-ring (bicyclic) bond motifs is 2. The van der Waals surface area contributed by atoms with Crippen molar-refractivity contribution in [1.29, 1.82) is 0 Å². The molecule has 2 aromatic carbocycles. The Morgan fingerprint density at radius 2 is 1.78 bits per heavy atom. The van der Waals surface area contributed by atoms with Gasteiger partial charge in [-0.15, -0.1) is 11.3 Å². The minimum atomic E-state index is -3.85. The maximum Gasteiger partial charge on any atom is 0.339 e. The summed E-state index contributed by atoms with van der Waals surface area (Å²) in [4.78, 5) is 79.2. The molecule has 2 aliphatic heterocycles. The van der Waals surface area contributed by atoms with Gasteiger partial charge in [-0.1, -0.05) is 6.07 Å². The van der Waals surface area contributed by atoms with Crippen LogP contribution in [0.2, 0.25) is 0 Å². The van der Waals surface area contributed by atoms with Crippen molar-refractivity contribution >= 4 is 59.1 Å². The zero-order chi connectivity index (χ0) is 35.6. The van der Waals surface area contributed by atoms with Crippen LogP contribution in [-0.4, -0.2) is 114 Å². The number of halogens is 2. The fourth-order valence-corrected chi connectivity index (χ4v) is 7.48. The molecule has 0 spiro atoms. The van der Waals surface area contributed by atoms with Crippen molar-refractivity contribution in [2.45, 2.75) is 50.0 Å². The average Bonchev–Trinajstić information content (AvgIpc) is 3.68. The van der Waals surface area contributed by atoms with E-state index in [1.807, 2.05) is 19.0 Å². The molecule has 3 aromatic rings. The Kier molecular flexibility index (Phi) is 11.2. The summed E-state index contributed by atoms with van der Waals surface area (Å²) >= 11 is 1.02. The van der Waals surface area contributed by atoms with E-state index in [0.717, 1.165) is 30.0 Å². The number of nitrogens with one attached hydrogen (secondary N) is 1. The first-order chi connectivity index (χ1) is 23.2. The van der Waals surface area contributed by atoms with Crippen LogP contribution in [0.4, 0.5) is 14.5 Å². The molecule has 12 nitrogen and oxygen atoms in total. The summed E-state index contributed by atoms with van der Waals surface area (Å²) in [6.45, 7) is 2.89. The van der Waals surface area contributed by atoms with Gasteiger partial charge in [0.1, 0.15) is 24.4 Å². The summed E-state index contributed by atoms with van der Waals surface area (Å²) in [5.41, 5.74) is -3.83. The van der Waals surface area contributed by atoms with Crippen molar-refractivity contribution in [3.63, 3.8) is 0 Å². The minimum absolute atomic E-state index is 0.104. The van der Waals surface area contributed by atoms with Gasteiger partial charge in [0.25, 0.3) is 5.91 Å². The number of benzene rings is 2. The Bertz CT molecular complexity index is 1710. The fraction of sp³-hybridized carbons (Fsp3) is 0.455. The maximum absolute atomic E-state index is 14.3. The monoisotopic (exact) mass is 719 g/mol. The molecule has 49 heavy (non-hydrogen) atoms. The molecule has 2 saturated heterocycles.